The van der Waals surface area contributed by atoms with Crippen LogP contribution in [-0.2, 0) is 14.3 Å². The molecule has 0 aromatic rings. The van der Waals surface area contributed by atoms with Crippen LogP contribution in [0, 0.1) is 5.92 Å². The van der Waals surface area contributed by atoms with Gasteiger partial charge in [0, 0.05) is 13.1 Å². The number of carbonyl (C=O) groups is 2. The fraction of sp³-hybridized carbons (Fsp3) is 0.889. The minimum absolute atomic E-state index is 0.00488. The molecule has 1 heterocycles. The molecule has 1 aliphatic heterocycles. The summed E-state index contributed by atoms with van der Waals surface area (Å²) < 4.78 is 10.7. The zero-order valence-electron chi connectivity index (χ0n) is 15.3. The number of ether oxygens (including phenoxy) is 2. The van der Waals surface area contributed by atoms with Crippen molar-refractivity contribution in [3.8, 4) is 0 Å². The van der Waals surface area contributed by atoms with Crippen molar-refractivity contribution in [2.24, 2.45) is 5.92 Å². The Morgan fingerprint density at radius 2 is 1.79 bits per heavy atom. The smallest absolute Gasteiger partial charge is 0.408 e. The molecule has 1 atom stereocenters. The lowest BCUT2D eigenvalue weighted by Gasteiger charge is -2.33. The molecule has 1 unspecified atom stereocenters. The highest BCUT2D eigenvalue weighted by molar-refractivity contribution is 5.85. The third-order valence-electron chi connectivity index (χ3n) is 4.61. The van der Waals surface area contributed by atoms with Crippen molar-refractivity contribution >= 4 is 12.0 Å². The normalized spacial score (nSPS) is 21.2. The first kappa shape index (κ1) is 19.0. The molecule has 2 amide bonds. The molecule has 24 heavy (non-hydrogen) atoms. The fourth-order valence-electron chi connectivity index (χ4n) is 3.43. The SMILES string of the molecule is CC(C)(C)OC(=O)NC(CC1CCCCC1)C(=O)N1CCOCC1. The molecular weight excluding hydrogens is 308 g/mol. The Balaban J connectivity index is 1.98. The Hall–Kier alpha value is -1.30. The molecule has 0 radical (unpaired) electrons. The summed E-state index contributed by atoms with van der Waals surface area (Å²) >= 11 is 0. The van der Waals surface area contributed by atoms with Gasteiger partial charge in [-0.15, -0.1) is 0 Å². The predicted octanol–water partition coefficient (Wildman–Crippen LogP) is 2.71. The highest BCUT2D eigenvalue weighted by Gasteiger charge is 2.31. The molecule has 1 saturated carbocycles. The lowest BCUT2D eigenvalue weighted by atomic mass is 9.84. The maximum Gasteiger partial charge on any atom is 0.408 e. The van der Waals surface area contributed by atoms with Gasteiger partial charge in [-0.05, 0) is 33.1 Å². The molecule has 138 valence electrons. The molecular formula is C18H32N2O4. The van der Waals surface area contributed by atoms with Crippen LogP contribution in [0.25, 0.3) is 0 Å². The lowest BCUT2D eigenvalue weighted by Crippen LogP contribution is -2.53. The quantitative estimate of drug-likeness (QED) is 0.854. The van der Waals surface area contributed by atoms with Crippen LogP contribution >= 0.6 is 0 Å². The Kier molecular flexibility index (Phi) is 6.90. The fourth-order valence-corrected chi connectivity index (χ4v) is 3.43. The van der Waals surface area contributed by atoms with Gasteiger partial charge < -0.3 is 19.7 Å². The average molecular weight is 340 g/mol. The van der Waals surface area contributed by atoms with E-state index in [9.17, 15) is 9.59 Å². The predicted molar refractivity (Wildman–Crippen MR) is 91.7 cm³/mol. The van der Waals surface area contributed by atoms with Crippen molar-refractivity contribution in [2.75, 3.05) is 26.3 Å². The van der Waals surface area contributed by atoms with E-state index in [2.05, 4.69) is 5.32 Å². The zero-order valence-corrected chi connectivity index (χ0v) is 15.3. The summed E-state index contributed by atoms with van der Waals surface area (Å²) in [6.07, 6.45) is 6.19. The summed E-state index contributed by atoms with van der Waals surface area (Å²) in [6, 6.07) is -0.499. The molecule has 2 rings (SSSR count). The number of rotatable bonds is 4. The van der Waals surface area contributed by atoms with Crippen LogP contribution in [0.15, 0.2) is 0 Å². The second-order valence-electron chi connectivity index (χ2n) is 7.88. The molecule has 0 aromatic heterocycles. The molecule has 6 nitrogen and oxygen atoms in total. The van der Waals surface area contributed by atoms with Crippen molar-refractivity contribution < 1.29 is 19.1 Å². The number of nitrogens with one attached hydrogen (secondary N) is 1. The van der Waals surface area contributed by atoms with Crippen LogP contribution in [0.2, 0.25) is 0 Å². The summed E-state index contributed by atoms with van der Waals surface area (Å²) in [6.45, 7) is 7.79. The van der Waals surface area contributed by atoms with E-state index in [1.54, 1.807) is 4.90 Å². The van der Waals surface area contributed by atoms with Crippen LogP contribution in [0.4, 0.5) is 4.79 Å². The lowest BCUT2D eigenvalue weighted by molar-refractivity contribution is -0.138. The number of nitrogens with zero attached hydrogens (tertiary/aromatic N) is 1. The van der Waals surface area contributed by atoms with E-state index in [0.717, 1.165) is 12.8 Å². The monoisotopic (exact) mass is 340 g/mol. The summed E-state index contributed by atoms with van der Waals surface area (Å²) in [5.74, 6) is 0.499. The molecule has 2 aliphatic rings. The Bertz CT molecular complexity index is 421. The number of hydrogen-bond donors (Lipinski definition) is 1. The molecule has 0 bridgehead atoms. The number of morpholine rings is 1. The summed E-state index contributed by atoms with van der Waals surface area (Å²) in [7, 11) is 0. The molecule has 1 N–H and O–H groups in total. The topological polar surface area (TPSA) is 67.9 Å². The molecule has 0 spiro atoms. The third-order valence-corrected chi connectivity index (χ3v) is 4.61. The minimum atomic E-state index is -0.568. The van der Waals surface area contributed by atoms with Crippen LogP contribution < -0.4 is 5.32 Å². The van der Waals surface area contributed by atoms with Gasteiger partial charge in [-0.1, -0.05) is 32.1 Å². The molecule has 0 aromatic carbocycles. The van der Waals surface area contributed by atoms with Gasteiger partial charge in [0.1, 0.15) is 11.6 Å². The van der Waals surface area contributed by atoms with Crippen LogP contribution in [0.1, 0.15) is 59.3 Å². The van der Waals surface area contributed by atoms with Crippen molar-refractivity contribution in [1.82, 2.24) is 10.2 Å². The molecule has 1 aliphatic carbocycles. The summed E-state index contributed by atoms with van der Waals surface area (Å²) in [5, 5.41) is 2.82. The number of amides is 2. The van der Waals surface area contributed by atoms with Crippen molar-refractivity contribution in [1.29, 1.82) is 0 Å². The van der Waals surface area contributed by atoms with Crippen molar-refractivity contribution in [3.05, 3.63) is 0 Å². The molecule has 6 heteroatoms. The second kappa shape index (κ2) is 8.70. The minimum Gasteiger partial charge on any atom is -0.444 e. The largest absolute Gasteiger partial charge is 0.444 e. The Labute approximate surface area is 145 Å². The van der Waals surface area contributed by atoms with E-state index in [-0.39, 0.29) is 5.91 Å². The first-order valence-electron chi connectivity index (χ1n) is 9.21. The maximum atomic E-state index is 12.9. The first-order valence-corrected chi connectivity index (χ1v) is 9.21. The summed E-state index contributed by atoms with van der Waals surface area (Å²) in [5.41, 5.74) is -0.568. The van der Waals surface area contributed by atoms with E-state index >= 15 is 0 Å². The first-order chi connectivity index (χ1) is 11.3. The van der Waals surface area contributed by atoms with E-state index < -0.39 is 17.7 Å². The summed E-state index contributed by atoms with van der Waals surface area (Å²) in [4.78, 5) is 26.8. The highest BCUT2D eigenvalue weighted by atomic mass is 16.6. The highest BCUT2D eigenvalue weighted by Crippen LogP contribution is 2.28. The number of alkyl carbamates (subject to hydrolysis) is 1. The van der Waals surface area contributed by atoms with Gasteiger partial charge in [0.15, 0.2) is 0 Å². The van der Waals surface area contributed by atoms with E-state index in [4.69, 9.17) is 9.47 Å². The number of carbonyl (C=O) groups excluding carboxylic acids is 2. The van der Waals surface area contributed by atoms with Gasteiger partial charge in [0.2, 0.25) is 5.91 Å². The van der Waals surface area contributed by atoms with Gasteiger partial charge in [-0.2, -0.15) is 0 Å². The van der Waals surface area contributed by atoms with Gasteiger partial charge in [-0.3, -0.25) is 4.79 Å². The van der Waals surface area contributed by atoms with Gasteiger partial charge in [0.25, 0.3) is 0 Å². The van der Waals surface area contributed by atoms with Crippen LogP contribution in [0.3, 0.4) is 0 Å². The third kappa shape index (κ3) is 6.30. The Morgan fingerprint density at radius 3 is 2.38 bits per heavy atom. The van der Waals surface area contributed by atoms with Gasteiger partial charge >= 0.3 is 6.09 Å². The maximum absolute atomic E-state index is 12.9. The Morgan fingerprint density at radius 1 is 1.17 bits per heavy atom. The zero-order chi connectivity index (χ0) is 17.6. The molecule has 1 saturated heterocycles. The average Bonchev–Trinajstić information content (AvgIpc) is 2.53. The van der Waals surface area contributed by atoms with Gasteiger partial charge in [0.05, 0.1) is 13.2 Å². The van der Waals surface area contributed by atoms with Crippen molar-refractivity contribution in [3.63, 3.8) is 0 Å². The second-order valence-corrected chi connectivity index (χ2v) is 7.88. The molecule has 2 fully saturated rings. The van der Waals surface area contributed by atoms with Crippen LogP contribution in [0.5, 0.6) is 0 Å². The number of hydrogen-bond acceptors (Lipinski definition) is 4. The van der Waals surface area contributed by atoms with E-state index in [0.29, 0.717) is 38.6 Å². The van der Waals surface area contributed by atoms with E-state index in [1.165, 1.54) is 19.3 Å². The van der Waals surface area contributed by atoms with Crippen molar-refractivity contribution in [2.45, 2.75) is 70.9 Å². The van der Waals surface area contributed by atoms with Gasteiger partial charge in [-0.25, -0.2) is 4.79 Å². The van der Waals surface area contributed by atoms with Crippen LogP contribution in [-0.4, -0.2) is 54.8 Å². The standard InChI is InChI=1S/C18H32N2O4/c1-18(2,3)24-17(22)19-15(13-14-7-5-4-6-8-14)16(21)20-9-11-23-12-10-20/h14-15H,4-13H2,1-3H3,(H,19,22). The van der Waals surface area contributed by atoms with E-state index in [1.807, 2.05) is 20.8 Å².